The van der Waals surface area contributed by atoms with Gasteiger partial charge in [0.1, 0.15) is 0 Å². The van der Waals surface area contributed by atoms with Crippen LogP contribution in [0.15, 0.2) is 22.7 Å². The molecule has 0 bridgehead atoms. The lowest BCUT2D eigenvalue weighted by molar-refractivity contribution is 0.0935. The van der Waals surface area contributed by atoms with Gasteiger partial charge >= 0.3 is 0 Å². The van der Waals surface area contributed by atoms with Gasteiger partial charge in [0.25, 0.3) is 5.91 Å². The number of carbonyl (C=O) groups excluding carboxylic acids is 1. The molecule has 0 heterocycles. The zero-order valence-corrected chi connectivity index (χ0v) is 14.8. The van der Waals surface area contributed by atoms with Gasteiger partial charge in [-0.1, -0.05) is 26.2 Å². The van der Waals surface area contributed by atoms with E-state index in [2.05, 4.69) is 50.8 Å². The van der Waals surface area contributed by atoms with Crippen LogP contribution in [-0.2, 0) is 0 Å². The van der Waals surface area contributed by atoms with Crippen LogP contribution >= 0.6 is 38.5 Å². The summed E-state index contributed by atoms with van der Waals surface area (Å²) in [6, 6.07) is 5.84. The maximum atomic E-state index is 12.2. The first-order valence-electron chi connectivity index (χ1n) is 6.81. The molecule has 0 aliphatic heterocycles. The standard InChI is InChI=1S/C15H19BrINO/c1-10-4-2-3-5-11(10)9-18-15(19)13-8-12(17)6-7-14(13)16/h6-8,10-11H,2-5,9H2,1H3,(H,18,19). The Morgan fingerprint density at radius 2 is 2.16 bits per heavy atom. The van der Waals surface area contributed by atoms with Crippen molar-refractivity contribution in [2.45, 2.75) is 32.6 Å². The number of amides is 1. The zero-order valence-electron chi connectivity index (χ0n) is 11.1. The average molecular weight is 436 g/mol. The highest BCUT2D eigenvalue weighted by Crippen LogP contribution is 2.29. The molecule has 4 heteroatoms. The van der Waals surface area contributed by atoms with Crippen molar-refractivity contribution in [3.05, 3.63) is 31.8 Å². The number of rotatable bonds is 3. The number of halogens is 2. The Morgan fingerprint density at radius 3 is 2.89 bits per heavy atom. The first-order valence-corrected chi connectivity index (χ1v) is 8.68. The Bertz CT molecular complexity index is 463. The number of hydrogen-bond donors (Lipinski definition) is 1. The lowest BCUT2D eigenvalue weighted by atomic mass is 9.80. The van der Waals surface area contributed by atoms with Crippen molar-refractivity contribution in [3.63, 3.8) is 0 Å². The number of carbonyl (C=O) groups is 1. The van der Waals surface area contributed by atoms with Gasteiger partial charge in [-0.2, -0.15) is 0 Å². The van der Waals surface area contributed by atoms with E-state index in [1.807, 2.05) is 18.2 Å². The third-order valence-corrected chi connectivity index (χ3v) is 5.35. The molecule has 1 amide bonds. The summed E-state index contributed by atoms with van der Waals surface area (Å²) in [6.07, 6.45) is 5.19. The SMILES string of the molecule is CC1CCCCC1CNC(=O)c1cc(I)ccc1Br. The smallest absolute Gasteiger partial charge is 0.252 e. The zero-order chi connectivity index (χ0) is 13.8. The third kappa shape index (κ3) is 4.18. The molecule has 1 aromatic carbocycles. The first kappa shape index (κ1) is 15.3. The molecule has 2 atom stereocenters. The molecule has 2 rings (SSSR count). The highest BCUT2D eigenvalue weighted by molar-refractivity contribution is 14.1. The topological polar surface area (TPSA) is 29.1 Å². The fraction of sp³-hybridized carbons (Fsp3) is 0.533. The molecule has 1 fully saturated rings. The predicted molar refractivity (Wildman–Crippen MR) is 90.3 cm³/mol. The van der Waals surface area contributed by atoms with Crippen LogP contribution in [0.4, 0.5) is 0 Å². The molecule has 2 unspecified atom stereocenters. The summed E-state index contributed by atoms with van der Waals surface area (Å²) >= 11 is 5.67. The Morgan fingerprint density at radius 1 is 1.42 bits per heavy atom. The molecular weight excluding hydrogens is 417 g/mol. The molecule has 19 heavy (non-hydrogen) atoms. The van der Waals surface area contributed by atoms with Crippen LogP contribution in [0, 0.1) is 15.4 Å². The largest absolute Gasteiger partial charge is 0.352 e. The van der Waals surface area contributed by atoms with Crippen molar-refractivity contribution in [1.29, 1.82) is 0 Å². The van der Waals surface area contributed by atoms with E-state index >= 15 is 0 Å². The van der Waals surface area contributed by atoms with Gasteiger partial charge in [-0.25, -0.2) is 0 Å². The normalized spacial score (nSPS) is 23.1. The van der Waals surface area contributed by atoms with E-state index in [0.29, 0.717) is 5.92 Å². The van der Waals surface area contributed by atoms with E-state index in [-0.39, 0.29) is 5.91 Å². The Kier molecular flexibility index (Phi) is 5.69. The van der Waals surface area contributed by atoms with Gasteiger partial charge in [-0.3, -0.25) is 4.79 Å². The molecule has 1 aliphatic rings. The summed E-state index contributed by atoms with van der Waals surface area (Å²) in [5.41, 5.74) is 0.732. The lowest BCUT2D eigenvalue weighted by Crippen LogP contribution is -2.33. The lowest BCUT2D eigenvalue weighted by Gasteiger charge is -2.28. The number of benzene rings is 1. The molecule has 0 aromatic heterocycles. The van der Waals surface area contributed by atoms with E-state index in [4.69, 9.17) is 0 Å². The maximum Gasteiger partial charge on any atom is 0.252 e. The van der Waals surface area contributed by atoms with Gasteiger partial charge in [0.2, 0.25) is 0 Å². The molecule has 0 saturated heterocycles. The van der Waals surface area contributed by atoms with Crippen molar-refractivity contribution in [1.82, 2.24) is 5.32 Å². The monoisotopic (exact) mass is 435 g/mol. The summed E-state index contributed by atoms with van der Waals surface area (Å²) in [5, 5.41) is 3.09. The van der Waals surface area contributed by atoms with Gasteiger partial charge in [0.15, 0.2) is 0 Å². The fourth-order valence-electron chi connectivity index (χ4n) is 2.69. The van der Waals surface area contributed by atoms with E-state index < -0.39 is 0 Å². The fourth-order valence-corrected chi connectivity index (χ4v) is 3.60. The summed E-state index contributed by atoms with van der Waals surface area (Å²) < 4.78 is 1.94. The maximum absolute atomic E-state index is 12.2. The van der Waals surface area contributed by atoms with Gasteiger partial charge in [0, 0.05) is 14.6 Å². The summed E-state index contributed by atoms with van der Waals surface area (Å²) in [7, 11) is 0. The van der Waals surface area contributed by atoms with Gasteiger partial charge in [-0.15, -0.1) is 0 Å². The van der Waals surface area contributed by atoms with Crippen LogP contribution in [-0.4, -0.2) is 12.5 Å². The Balaban J connectivity index is 1.95. The van der Waals surface area contributed by atoms with E-state index in [9.17, 15) is 4.79 Å². The van der Waals surface area contributed by atoms with Crippen LogP contribution in [0.25, 0.3) is 0 Å². The van der Waals surface area contributed by atoms with Gasteiger partial charge < -0.3 is 5.32 Å². The highest BCUT2D eigenvalue weighted by Gasteiger charge is 2.22. The second kappa shape index (κ2) is 7.07. The summed E-state index contributed by atoms with van der Waals surface area (Å²) in [4.78, 5) is 12.2. The van der Waals surface area contributed by atoms with Crippen LogP contribution in [0.1, 0.15) is 43.0 Å². The van der Waals surface area contributed by atoms with Crippen molar-refractivity contribution in [2.24, 2.45) is 11.8 Å². The van der Waals surface area contributed by atoms with Crippen LogP contribution in [0.5, 0.6) is 0 Å². The third-order valence-electron chi connectivity index (χ3n) is 3.99. The molecule has 1 saturated carbocycles. The van der Waals surface area contributed by atoms with E-state index in [0.717, 1.165) is 26.1 Å². The molecule has 104 valence electrons. The summed E-state index contributed by atoms with van der Waals surface area (Å²) in [6.45, 7) is 3.11. The molecule has 1 aromatic rings. The molecule has 0 spiro atoms. The van der Waals surface area contributed by atoms with E-state index in [1.165, 1.54) is 25.7 Å². The summed E-state index contributed by atoms with van der Waals surface area (Å²) in [5.74, 6) is 1.40. The van der Waals surface area contributed by atoms with Crippen molar-refractivity contribution in [2.75, 3.05) is 6.54 Å². The van der Waals surface area contributed by atoms with Crippen LogP contribution in [0.2, 0.25) is 0 Å². The first-order chi connectivity index (χ1) is 9.08. The van der Waals surface area contributed by atoms with E-state index in [1.54, 1.807) is 0 Å². The Hall–Kier alpha value is -0.100. The number of nitrogens with one attached hydrogen (secondary N) is 1. The second-order valence-corrected chi connectivity index (χ2v) is 7.46. The second-order valence-electron chi connectivity index (χ2n) is 5.36. The quantitative estimate of drug-likeness (QED) is 0.690. The average Bonchev–Trinajstić information content (AvgIpc) is 2.40. The minimum Gasteiger partial charge on any atom is -0.352 e. The minimum absolute atomic E-state index is 0.0307. The van der Waals surface area contributed by atoms with Crippen molar-refractivity contribution in [3.8, 4) is 0 Å². The molecule has 1 aliphatic carbocycles. The Labute approximate surface area is 137 Å². The highest BCUT2D eigenvalue weighted by atomic mass is 127. The van der Waals surface area contributed by atoms with Gasteiger partial charge in [0.05, 0.1) is 5.56 Å². The minimum atomic E-state index is 0.0307. The molecule has 2 nitrogen and oxygen atoms in total. The van der Waals surface area contributed by atoms with Crippen LogP contribution < -0.4 is 5.32 Å². The molecule has 1 N–H and O–H groups in total. The van der Waals surface area contributed by atoms with Gasteiger partial charge in [-0.05, 0) is 75.0 Å². The molecular formula is C15H19BrINO. The van der Waals surface area contributed by atoms with Crippen molar-refractivity contribution < 1.29 is 4.79 Å². The predicted octanol–water partition coefficient (Wildman–Crippen LogP) is 4.61. The molecule has 0 radical (unpaired) electrons. The van der Waals surface area contributed by atoms with Crippen LogP contribution in [0.3, 0.4) is 0 Å². The van der Waals surface area contributed by atoms with Crippen molar-refractivity contribution >= 4 is 44.4 Å². The number of hydrogen-bond acceptors (Lipinski definition) is 1.